The van der Waals surface area contributed by atoms with E-state index < -0.39 is 47.8 Å². The van der Waals surface area contributed by atoms with Crippen LogP contribution in [-0.4, -0.2) is 75.1 Å². The molecule has 2 amide bonds. The number of amides is 2. The van der Waals surface area contributed by atoms with Crippen LogP contribution in [0.15, 0.2) is 23.1 Å². The number of nitrogens with one attached hydrogen (secondary N) is 2. The topological polar surface area (TPSA) is 171 Å². The van der Waals surface area contributed by atoms with Gasteiger partial charge in [-0.1, -0.05) is 5.16 Å². The summed E-state index contributed by atoms with van der Waals surface area (Å²) < 4.78 is 75.0. The number of carbonyl (C=O) groups excluding carboxylic acids is 2. The number of carbonyl (C=O) groups is 2. The maximum Gasteiger partial charge on any atom is 0.408 e. The van der Waals surface area contributed by atoms with Crippen LogP contribution in [0.4, 0.5) is 22.0 Å². The van der Waals surface area contributed by atoms with Gasteiger partial charge in [0.25, 0.3) is 5.91 Å². The summed E-state index contributed by atoms with van der Waals surface area (Å²) >= 11 is 0. The molecule has 0 unspecified atom stereocenters. The van der Waals surface area contributed by atoms with Crippen molar-refractivity contribution in [3.05, 3.63) is 46.9 Å². The Morgan fingerprint density at radius 3 is 2.60 bits per heavy atom. The van der Waals surface area contributed by atoms with Crippen LogP contribution in [0.25, 0.3) is 5.65 Å². The molecule has 2 N–H and O–H groups in total. The Balaban J connectivity index is 1.31. The number of rotatable bonds is 8. The number of tetrazole rings is 1. The Bertz CT molecular complexity index is 1720. The minimum Gasteiger partial charge on any atom is -0.344 e. The predicted molar refractivity (Wildman–Crippen MR) is 140 cm³/mol. The maximum absolute atomic E-state index is 14.0. The molecule has 6 rings (SSSR count). The second kappa shape index (κ2) is 11.1. The summed E-state index contributed by atoms with van der Waals surface area (Å²) in [5.41, 5.74) is -0.320. The Kier molecular flexibility index (Phi) is 7.51. The molecule has 1 aliphatic carbocycles. The zero-order chi connectivity index (χ0) is 32.1. The summed E-state index contributed by atoms with van der Waals surface area (Å²) in [6, 6.07) is -1.26. The molecule has 45 heavy (non-hydrogen) atoms. The highest BCUT2D eigenvalue weighted by atomic mass is 19.4. The highest BCUT2D eigenvalue weighted by Gasteiger charge is 2.56. The fourth-order valence-electron chi connectivity index (χ4n) is 6.16. The molecule has 3 atom stereocenters. The summed E-state index contributed by atoms with van der Waals surface area (Å²) in [6.45, 7) is 1.53. The van der Waals surface area contributed by atoms with Crippen LogP contribution in [0.2, 0.25) is 0 Å². The molecule has 1 saturated heterocycles. The lowest BCUT2D eigenvalue weighted by molar-refractivity contribution is -0.155. The van der Waals surface area contributed by atoms with Gasteiger partial charge >= 0.3 is 6.18 Å². The van der Waals surface area contributed by atoms with Gasteiger partial charge in [-0.05, 0) is 60.5 Å². The number of aromatic nitrogens is 9. The molecule has 19 heteroatoms. The summed E-state index contributed by atoms with van der Waals surface area (Å²) in [4.78, 5) is 32.0. The third-order valence-electron chi connectivity index (χ3n) is 8.47. The fraction of sp³-hybridized carbons (Fsp3) is 0.577. The molecule has 1 aliphatic heterocycles. The first-order valence-corrected chi connectivity index (χ1v) is 14.1. The van der Waals surface area contributed by atoms with E-state index in [1.54, 1.807) is 12.3 Å². The van der Waals surface area contributed by atoms with Gasteiger partial charge in [0.15, 0.2) is 17.2 Å². The first kappa shape index (κ1) is 30.4. The van der Waals surface area contributed by atoms with Crippen molar-refractivity contribution in [3.63, 3.8) is 0 Å². The van der Waals surface area contributed by atoms with Crippen LogP contribution in [-0.2, 0) is 24.7 Å². The Morgan fingerprint density at radius 1 is 1.22 bits per heavy atom. The fourth-order valence-corrected chi connectivity index (χ4v) is 6.16. The van der Waals surface area contributed by atoms with E-state index in [-0.39, 0.29) is 67.3 Å². The molecular formula is C26H28F5N11O3. The third kappa shape index (κ3) is 6.19. The van der Waals surface area contributed by atoms with Crippen molar-refractivity contribution < 1.29 is 36.2 Å². The van der Waals surface area contributed by atoms with Crippen LogP contribution in [0.3, 0.4) is 0 Å². The van der Waals surface area contributed by atoms with Crippen LogP contribution >= 0.6 is 0 Å². The van der Waals surface area contributed by atoms with Gasteiger partial charge in [-0.2, -0.15) is 23.1 Å². The van der Waals surface area contributed by atoms with Gasteiger partial charge in [0.05, 0.1) is 36.6 Å². The summed E-state index contributed by atoms with van der Waals surface area (Å²) in [6.07, 6.45) is -3.03. The SMILES string of the molecule is Cc1nonc1C(=O)N[C@H](c1cn2ncc(C[C@@]3(Cc4nnn(C)n4)C[C@@H](C(F)(F)F)NC3=O)cc2n1)C1CCC(F)(F)CC1. The second-order valence-corrected chi connectivity index (χ2v) is 11.8. The van der Waals surface area contributed by atoms with E-state index in [2.05, 4.69) is 51.1 Å². The van der Waals surface area contributed by atoms with Gasteiger partial charge in [-0.15, -0.1) is 10.2 Å². The van der Waals surface area contributed by atoms with Crippen LogP contribution in [0.5, 0.6) is 0 Å². The van der Waals surface area contributed by atoms with Gasteiger partial charge in [0.1, 0.15) is 11.7 Å². The Hall–Kier alpha value is -4.58. The number of nitrogens with zero attached hydrogens (tertiary/aromatic N) is 9. The Morgan fingerprint density at radius 2 is 1.98 bits per heavy atom. The lowest BCUT2D eigenvalue weighted by atomic mass is 9.76. The normalized spacial score (nSPS) is 22.9. The van der Waals surface area contributed by atoms with Crippen molar-refractivity contribution in [2.24, 2.45) is 18.4 Å². The molecule has 4 aromatic rings. The highest BCUT2D eigenvalue weighted by molar-refractivity contribution is 5.93. The van der Waals surface area contributed by atoms with E-state index in [0.29, 0.717) is 11.3 Å². The number of alkyl halides is 5. The number of halogens is 5. The van der Waals surface area contributed by atoms with Crippen molar-refractivity contribution in [1.29, 1.82) is 0 Å². The minimum absolute atomic E-state index is 0.0554. The highest BCUT2D eigenvalue weighted by Crippen LogP contribution is 2.43. The molecule has 14 nitrogen and oxygen atoms in total. The van der Waals surface area contributed by atoms with Crippen molar-refractivity contribution in [3.8, 4) is 0 Å². The molecule has 2 fully saturated rings. The third-order valence-corrected chi connectivity index (χ3v) is 8.47. The van der Waals surface area contributed by atoms with Crippen molar-refractivity contribution in [2.75, 3.05) is 0 Å². The molecule has 2 aliphatic rings. The molecule has 0 radical (unpaired) electrons. The van der Waals surface area contributed by atoms with E-state index in [4.69, 9.17) is 0 Å². The maximum atomic E-state index is 14.0. The smallest absolute Gasteiger partial charge is 0.344 e. The Labute approximate surface area is 251 Å². The van der Waals surface area contributed by atoms with Gasteiger partial charge in [-0.25, -0.2) is 22.9 Å². The van der Waals surface area contributed by atoms with Crippen molar-refractivity contribution in [1.82, 2.24) is 55.8 Å². The van der Waals surface area contributed by atoms with Crippen molar-refractivity contribution >= 4 is 17.5 Å². The molecule has 0 bridgehead atoms. The molecule has 1 saturated carbocycles. The number of imidazole rings is 1. The standard InChI is InChI=1S/C26H28F5N11O3/c1-13-20(39-45-38-13)22(43)35-21(15-3-5-25(27,28)6-4-15)16-12-42-19(33-16)7-14(11-32-42)8-24(10-18-36-40-41(2)37-18)9-17(26(29,30)31)34-23(24)44/h7,11-12,15,17,21H,3-6,8-10H2,1-2H3,(H,34,44)(H,35,43)/t17-,21-,24-/m0/s1. The number of aryl methyl sites for hydroxylation is 2. The number of hydrogen-bond donors (Lipinski definition) is 2. The summed E-state index contributed by atoms with van der Waals surface area (Å²) in [5.74, 6) is -4.49. The quantitative estimate of drug-likeness (QED) is 0.274. The zero-order valence-electron chi connectivity index (χ0n) is 24.1. The molecule has 4 aromatic heterocycles. The molecule has 0 spiro atoms. The summed E-state index contributed by atoms with van der Waals surface area (Å²) in [7, 11) is 1.50. The average Bonchev–Trinajstić information content (AvgIpc) is 3.75. The van der Waals surface area contributed by atoms with E-state index in [1.165, 1.54) is 24.7 Å². The van der Waals surface area contributed by atoms with Gasteiger partial charge in [0.2, 0.25) is 11.8 Å². The number of fused-ring (bicyclic) bond motifs is 1. The first-order valence-electron chi connectivity index (χ1n) is 14.1. The molecule has 5 heterocycles. The zero-order valence-corrected chi connectivity index (χ0v) is 24.1. The predicted octanol–water partition coefficient (Wildman–Crippen LogP) is 2.46. The minimum atomic E-state index is -4.66. The van der Waals surface area contributed by atoms with Gasteiger partial charge in [-0.3, -0.25) is 9.59 Å². The van der Waals surface area contributed by atoms with Crippen LogP contribution in [0, 0.1) is 18.3 Å². The van der Waals surface area contributed by atoms with E-state index in [9.17, 15) is 31.5 Å². The second-order valence-electron chi connectivity index (χ2n) is 11.8. The largest absolute Gasteiger partial charge is 0.408 e. The molecular weight excluding hydrogens is 609 g/mol. The van der Waals surface area contributed by atoms with Crippen LogP contribution < -0.4 is 10.6 Å². The lowest BCUT2D eigenvalue weighted by Crippen LogP contribution is -2.39. The number of hydrogen-bond acceptors (Lipinski definition) is 10. The van der Waals surface area contributed by atoms with Gasteiger partial charge < -0.3 is 10.6 Å². The van der Waals surface area contributed by atoms with Crippen molar-refractivity contribution in [2.45, 2.75) is 76.1 Å². The van der Waals surface area contributed by atoms with Gasteiger partial charge in [0, 0.05) is 19.3 Å². The van der Waals surface area contributed by atoms with Crippen LogP contribution in [0.1, 0.15) is 71.4 Å². The van der Waals surface area contributed by atoms with E-state index in [1.807, 2.05) is 0 Å². The molecule has 240 valence electrons. The lowest BCUT2D eigenvalue weighted by Gasteiger charge is -2.33. The molecule has 0 aromatic carbocycles. The first-order chi connectivity index (χ1) is 21.2. The van der Waals surface area contributed by atoms with E-state index >= 15 is 0 Å². The average molecular weight is 638 g/mol. The summed E-state index contributed by atoms with van der Waals surface area (Å²) in [5, 5.41) is 28.2. The monoisotopic (exact) mass is 637 g/mol. The van der Waals surface area contributed by atoms with E-state index in [0.717, 1.165) is 4.80 Å².